The lowest BCUT2D eigenvalue weighted by molar-refractivity contribution is -0.0457. The van der Waals surface area contributed by atoms with E-state index in [0.29, 0.717) is 0 Å². The van der Waals surface area contributed by atoms with Crippen LogP contribution >= 0.6 is 0 Å². The molecular formula is C10H19O. The second-order valence-corrected chi connectivity index (χ2v) is 4.12. The second kappa shape index (κ2) is 3.57. The monoisotopic (exact) mass is 155 g/mol. The van der Waals surface area contributed by atoms with Crippen LogP contribution in [0.1, 0.15) is 39.5 Å². The van der Waals surface area contributed by atoms with E-state index < -0.39 is 0 Å². The maximum Gasteiger partial charge on any atom is 0.0626 e. The fraction of sp³-hybridized carbons (Fsp3) is 0.900. The number of hydrogen-bond donors (Lipinski definition) is 0. The Hall–Kier alpha value is -0.0400. The Balaban J connectivity index is 2.09. The zero-order chi connectivity index (χ0) is 8.32. The smallest absolute Gasteiger partial charge is 0.0626 e. The van der Waals surface area contributed by atoms with E-state index in [1.54, 1.807) is 0 Å². The fourth-order valence-electron chi connectivity index (χ4n) is 1.08. The lowest BCUT2D eigenvalue weighted by Crippen LogP contribution is -2.28. The highest BCUT2D eigenvalue weighted by molar-refractivity contribution is 4.73. The van der Waals surface area contributed by atoms with Crippen molar-refractivity contribution in [1.82, 2.24) is 0 Å². The van der Waals surface area contributed by atoms with Gasteiger partial charge in [0.15, 0.2) is 0 Å². The van der Waals surface area contributed by atoms with E-state index in [9.17, 15) is 0 Å². The summed E-state index contributed by atoms with van der Waals surface area (Å²) in [5.74, 6) is 0.848. The maximum atomic E-state index is 5.72. The van der Waals surface area contributed by atoms with Crippen molar-refractivity contribution in [3.63, 3.8) is 0 Å². The van der Waals surface area contributed by atoms with Crippen molar-refractivity contribution >= 4 is 0 Å². The van der Waals surface area contributed by atoms with Crippen molar-refractivity contribution in [2.45, 2.75) is 45.1 Å². The van der Waals surface area contributed by atoms with E-state index in [0.717, 1.165) is 18.9 Å². The molecule has 0 spiro atoms. The summed E-state index contributed by atoms with van der Waals surface area (Å²) in [6.45, 7) is 9.02. The summed E-state index contributed by atoms with van der Waals surface area (Å²) in [5.41, 5.74) is -0.00437. The molecule has 0 aromatic carbocycles. The van der Waals surface area contributed by atoms with Gasteiger partial charge in [0.2, 0.25) is 0 Å². The van der Waals surface area contributed by atoms with E-state index >= 15 is 0 Å². The van der Waals surface area contributed by atoms with E-state index in [4.69, 9.17) is 4.74 Å². The molecule has 0 atom stereocenters. The molecule has 0 amide bonds. The third-order valence-electron chi connectivity index (χ3n) is 2.54. The number of rotatable bonds is 4. The summed E-state index contributed by atoms with van der Waals surface area (Å²) < 4.78 is 5.72. The zero-order valence-corrected chi connectivity index (χ0v) is 7.73. The minimum atomic E-state index is -0.00437. The molecule has 11 heavy (non-hydrogen) atoms. The van der Waals surface area contributed by atoms with E-state index in [1.165, 1.54) is 19.3 Å². The molecule has 1 radical (unpaired) electrons. The van der Waals surface area contributed by atoms with E-state index in [2.05, 4.69) is 20.8 Å². The van der Waals surface area contributed by atoms with Gasteiger partial charge in [0, 0.05) is 0 Å². The first-order chi connectivity index (χ1) is 5.14. The van der Waals surface area contributed by atoms with Gasteiger partial charge >= 0.3 is 0 Å². The van der Waals surface area contributed by atoms with E-state index in [-0.39, 0.29) is 5.60 Å². The lowest BCUT2D eigenvalue weighted by atomic mass is 9.86. The van der Waals surface area contributed by atoms with Crippen LogP contribution in [0, 0.1) is 12.8 Å². The highest BCUT2D eigenvalue weighted by atomic mass is 16.5. The van der Waals surface area contributed by atoms with Crippen molar-refractivity contribution in [3.8, 4) is 0 Å². The Morgan fingerprint density at radius 2 is 2.09 bits per heavy atom. The van der Waals surface area contributed by atoms with Crippen LogP contribution in [0.5, 0.6) is 0 Å². The van der Waals surface area contributed by atoms with Crippen LogP contribution in [0.4, 0.5) is 0 Å². The van der Waals surface area contributed by atoms with Crippen LogP contribution in [0.3, 0.4) is 0 Å². The molecule has 0 unspecified atom stereocenters. The average molecular weight is 155 g/mol. The van der Waals surface area contributed by atoms with Crippen molar-refractivity contribution in [1.29, 1.82) is 0 Å². The summed E-state index contributed by atoms with van der Waals surface area (Å²) in [5, 5.41) is 0. The van der Waals surface area contributed by atoms with Gasteiger partial charge in [-0.2, -0.15) is 0 Å². The summed E-state index contributed by atoms with van der Waals surface area (Å²) in [6.07, 6.45) is 5.00. The van der Waals surface area contributed by atoms with Gasteiger partial charge in [-0.05, 0) is 39.0 Å². The molecule has 0 bridgehead atoms. The minimum Gasteiger partial charge on any atom is -0.375 e. The Labute approximate surface area is 70.1 Å². The molecule has 1 nitrogen and oxygen atoms in total. The van der Waals surface area contributed by atoms with Crippen LogP contribution < -0.4 is 0 Å². The summed E-state index contributed by atoms with van der Waals surface area (Å²) in [4.78, 5) is 0. The minimum absolute atomic E-state index is 0.00437. The fourth-order valence-corrected chi connectivity index (χ4v) is 1.08. The quantitative estimate of drug-likeness (QED) is 0.606. The third kappa shape index (κ3) is 2.82. The maximum absolute atomic E-state index is 5.72. The average Bonchev–Trinajstić information content (AvgIpc) is 1.84. The van der Waals surface area contributed by atoms with Crippen molar-refractivity contribution in [2.24, 2.45) is 5.92 Å². The number of ether oxygens (including phenoxy) is 1. The molecule has 1 aliphatic rings. The molecule has 1 aliphatic carbocycles. The van der Waals surface area contributed by atoms with Gasteiger partial charge < -0.3 is 4.74 Å². The predicted octanol–water partition coefficient (Wildman–Crippen LogP) is 2.81. The van der Waals surface area contributed by atoms with Gasteiger partial charge in [-0.1, -0.05) is 13.3 Å². The lowest BCUT2D eigenvalue weighted by Gasteiger charge is -2.30. The molecular weight excluding hydrogens is 136 g/mol. The highest BCUT2D eigenvalue weighted by Gasteiger charge is 2.22. The molecule has 1 heteroatoms. The normalized spacial score (nSPS) is 19.9. The SMILES string of the molecule is [CH2]CC(C)(C)OCC1CCC1. The zero-order valence-electron chi connectivity index (χ0n) is 7.73. The topological polar surface area (TPSA) is 9.23 Å². The Morgan fingerprint density at radius 3 is 2.45 bits per heavy atom. The van der Waals surface area contributed by atoms with Crippen molar-refractivity contribution in [3.05, 3.63) is 6.92 Å². The summed E-state index contributed by atoms with van der Waals surface area (Å²) >= 11 is 0. The summed E-state index contributed by atoms with van der Waals surface area (Å²) in [7, 11) is 0. The first-order valence-electron chi connectivity index (χ1n) is 4.57. The van der Waals surface area contributed by atoms with Gasteiger partial charge in [-0.3, -0.25) is 0 Å². The largest absolute Gasteiger partial charge is 0.375 e. The molecule has 0 aromatic rings. The van der Waals surface area contributed by atoms with Crippen LogP contribution in [-0.2, 0) is 4.74 Å². The Morgan fingerprint density at radius 1 is 1.45 bits per heavy atom. The molecule has 1 rings (SSSR count). The first-order valence-corrected chi connectivity index (χ1v) is 4.57. The molecule has 0 aliphatic heterocycles. The third-order valence-corrected chi connectivity index (χ3v) is 2.54. The molecule has 65 valence electrons. The highest BCUT2D eigenvalue weighted by Crippen LogP contribution is 2.28. The molecule has 1 saturated carbocycles. The van der Waals surface area contributed by atoms with Crippen LogP contribution in [0.25, 0.3) is 0 Å². The van der Waals surface area contributed by atoms with Gasteiger partial charge in [-0.15, -0.1) is 0 Å². The second-order valence-electron chi connectivity index (χ2n) is 4.12. The van der Waals surface area contributed by atoms with Gasteiger partial charge in [0.25, 0.3) is 0 Å². The molecule has 1 fully saturated rings. The van der Waals surface area contributed by atoms with Gasteiger partial charge in [-0.25, -0.2) is 0 Å². The van der Waals surface area contributed by atoms with Gasteiger partial charge in [0.05, 0.1) is 12.2 Å². The summed E-state index contributed by atoms with van der Waals surface area (Å²) in [6, 6.07) is 0. The molecule has 0 saturated heterocycles. The van der Waals surface area contributed by atoms with Crippen LogP contribution in [-0.4, -0.2) is 12.2 Å². The predicted molar refractivity (Wildman–Crippen MR) is 47.3 cm³/mol. The molecule has 0 N–H and O–H groups in total. The van der Waals surface area contributed by atoms with Crippen LogP contribution in [0.15, 0.2) is 0 Å². The Kier molecular flexibility index (Phi) is 2.94. The first kappa shape index (κ1) is 9.05. The van der Waals surface area contributed by atoms with Crippen molar-refractivity contribution < 1.29 is 4.74 Å². The molecule has 0 heterocycles. The number of hydrogen-bond acceptors (Lipinski definition) is 1. The van der Waals surface area contributed by atoms with E-state index in [1.807, 2.05) is 0 Å². The van der Waals surface area contributed by atoms with Crippen molar-refractivity contribution in [2.75, 3.05) is 6.61 Å². The van der Waals surface area contributed by atoms with Gasteiger partial charge in [0.1, 0.15) is 0 Å². The molecule has 0 aromatic heterocycles. The standard InChI is InChI=1S/C10H19O/c1-4-10(2,3)11-8-9-6-5-7-9/h9H,1,4-8H2,2-3H3. The Bertz CT molecular complexity index is 114. The van der Waals surface area contributed by atoms with Crippen LogP contribution in [0.2, 0.25) is 0 Å².